The third kappa shape index (κ3) is 2.79. The van der Waals surface area contributed by atoms with Crippen LogP contribution in [0.5, 0.6) is 0 Å². The molecule has 0 saturated carbocycles. The number of hydrogen-bond acceptors (Lipinski definition) is 4. The molecule has 0 aliphatic carbocycles. The summed E-state index contributed by atoms with van der Waals surface area (Å²) in [6, 6.07) is 7.20. The number of aromatic nitrogens is 2. The SMILES string of the molecule is Nc1nccnc1C(=O)Nc1ccc(Br)cc1. The second-order valence-corrected chi connectivity index (χ2v) is 4.17. The van der Waals surface area contributed by atoms with Crippen molar-refractivity contribution in [3.63, 3.8) is 0 Å². The van der Waals surface area contributed by atoms with E-state index in [2.05, 4.69) is 31.2 Å². The van der Waals surface area contributed by atoms with E-state index < -0.39 is 0 Å². The summed E-state index contributed by atoms with van der Waals surface area (Å²) in [5, 5.41) is 2.68. The molecule has 0 aliphatic rings. The van der Waals surface area contributed by atoms with Crippen molar-refractivity contribution in [3.05, 3.63) is 46.8 Å². The Balaban J connectivity index is 2.17. The smallest absolute Gasteiger partial charge is 0.278 e. The van der Waals surface area contributed by atoms with E-state index >= 15 is 0 Å². The molecule has 0 bridgehead atoms. The zero-order valence-corrected chi connectivity index (χ0v) is 10.3. The van der Waals surface area contributed by atoms with Crippen molar-refractivity contribution in [1.82, 2.24) is 9.97 Å². The molecule has 0 unspecified atom stereocenters. The molecule has 2 rings (SSSR count). The lowest BCUT2D eigenvalue weighted by atomic mass is 10.3. The second-order valence-electron chi connectivity index (χ2n) is 3.25. The van der Waals surface area contributed by atoms with Crippen LogP contribution in [0.25, 0.3) is 0 Å². The highest BCUT2D eigenvalue weighted by atomic mass is 79.9. The Morgan fingerprint density at radius 3 is 2.47 bits per heavy atom. The fraction of sp³-hybridized carbons (Fsp3) is 0. The van der Waals surface area contributed by atoms with E-state index in [9.17, 15) is 4.79 Å². The first-order valence-corrected chi connectivity index (χ1v) is 5.59. The highest BCUT2D eigenvalue weighted by Gasteiger charge is 2.11. The monoisotopic (exact) mass is 292 g/mol. The van der Waals surface area contributed by atoms with E-state index in [0.29, 0.717) is 5.69 Å². The maximum absolute atomic E-state index is 11.8. The maximum Gasteiger partial charge on any atom is 0.278 e. The highest BCUT2D eigenvalue weighted by molar-refractivity contribution is 9.10. The first-order chi connectivity index (χ1) is 8.16. The van der Waals surface area contributed by atoms with Crippen LogP contribution in [0.2, 0.25) is 0 Å². The molecule has 0 fully saturated rings. The van der Waals surface area contributed by atoms with E-state index in [1.807, 2.05) is 12.1 Å². The predicted octanol–water partition coefficient (Wildman–Crippen LogP) is 2.07. The third-order valence-corrected chi connectivity index (χ3v) is 2.57. The van der Waals surface area contributed by atoms with Gasteiger partial charge in [-0.05, 0) is 24.3 Å². The minimum atomic E-state index is -0.377. The number of nitrogens with zero attached hydrogens (tertiary/aromatic N) is 2. The van der Waals surface area contributed by atoms with Crippen LogP contribution in [-0.4, -0.2) is 15.9 Å². The Morgan fingerprint density at radius 2 is 1.82 bits per heavy atom. The molecule has 2 aromatic rings. The number of benzene rings is 1. The van der Waals surface area contributed by atoms with Gasteiger partial charge in [0.25, 0.3) is 5.91 Å². The number of carbonyl (C=O) groups is 1. The summed E-state index contributed by atoms with van der Waals surface area (Å²) >= 11 is 3.31. The molecule has 1 heterocycles. The Morgan fingerprint density at radius 1 is 1.18 bits per heavy atom. The van der Waals surface area contributed by atoms with Crippen molar-refractivity contribution in [2.75, 3.05) is 11.1 Å². The molecule has 1 amide bonds. The van der Waals surface area contributed by atoms with Crippen molar-refractivity contribution >= 4 is 33.3 Å². The summed E-state index contributed by atoms with van der Waals surface area (Å²) in [7, 11) is 0. The number of anilines is 2. The first-order valence-electron chi connectivity index (χ1n) is 4.80. The molecule has 0 atom stereocenters. The zero-order chi connectivity index (χ0) is 12.3. The number of nitrogens with one attached hydrogen (secondary N) is 1. The zero-order valence-electron chi connectivity index (χ0n) is 8.72. The molecule has 86 valence electrons. The molecule has 17 heavy (non-hydrogen) atoms. The number of amides is 1. The van der Waals surface area contributed by atoms with Gasteiger partial charge in [0.15, 0.2) is 11.5 Å². The third-order valence-electron chi connectivity index (χ3n) is 2.04. The summed E-state index contributed by atoms with van der Waals surface area (Å²) in [4.78, 5) is 19.5. The van der Waals surface area contributed by atoms with E-state index in [1.54, 1.807) is 12.1 Å². The average Bonchev–Trinajstić information content (AvgIpc) is 2.32. The number of rotatable bonds is 2. The van der Waals surface area contributed by atoms with Gasteiger partial charge in [0.1, 0.15) is 0 Å². The Hall–Kier alpha value is -1.95. The summed E-state index contributed by atoms with van der Waals surface area (Å²) in [6.45, 7) is 0. The number of halogens is 1. The summed E-state index contributed by atoms with van der Waals surface area (Å²) in [5.41, 5.74) is 6.35. The molecule has 0 saturated heterocycles. The molecule has 0 radical (unpaired) electrons. The van der Waals surface area contributed by atoms with Gasteiger partial charge >= 0.3 is 0 Å². The largest absolute Gasteiger partial charge is 0.382 e. The van der Waals surface area contributed by atoms with Crippen molar-refractivity contribution in [2.24, 2.45) is 0 Å². The number of carbonyl (C=O) groups excluding carboxylic acids is 1. The summed E-state index contributed by atoms with van der Waals surface area (Å²) in [6.07, 6.45) is 2.86. The predicted molar refractivity (Wildman–Crippen MR) is 68.5 cm³/mol. The minimum Gasteiger partial charge on any atom is -0.382 e. The molecule has 1 aromatic carbocycles. The fourth-order valence-corrected chi connectivity index (χ4v) is 1.51. The van der Waals surface area contributed by atoms with Crippen LogP contribution in [0.1, 0.15) is 10.5 Å². The molecular weight excluding hydrogens is 284 g/mol. The van der Waals surface area contributed by atoms with Crippen LogP contribution in [0.4, 0.5) is 11.5 Å². The van der Waals surface area contributed by atoms with Crippen molar-refractivity contribution in [2.45, 2.75) is 0 Å². The molecule has 6 heteroatoms. The lowest BCUT2D eigenvalue weighted by molar-refractivity contribution is 0.102. The highest BCUT2D eigenvalue weighted by Crippen LogP contribution is 2.15. The fourth-order valence-electron chi connectivity index (χ4n) is 1.25. The lowest BCUT2D eigenvalue weighted by Crippen LogP contribution is -2.16. The topological polar surface area (TPSA) is 80.9 Å². The average molecular weight is 293 g/mol. The quantitative estimate of drug-likeness (QED) is 0.888. The van der Waals surface area contributed by atoms with E-state index in [4.69, 9.17) is 5.73 Å². The molecule has 5 nitrogen and oxygen atoms in total. The van der Waals surface area contributed by atoms with Crippen LogP contribution in [0, 0.1) is 0 Å². The second kappa shape index (κ2) is 4.92. The molecule has 0 aliphatic heterocycles. The molecule has 3 N–H and O–H groups in total. The number of hydrogen-bond donors (Lipinski definition) is 2. The molecule has 0 spiro atoms. The van der Waals surface area contributed by atoms with E-state index in [1.165, 1.54) is 12.4 Å². The lowest BCUT2D eigenvalue weighted by Gasteiger charge is -2.05. The van der Waals surface area contributed by atoms with Gasteiger partial charge in [0, 0.05) is 22.6 Å². The van der Waals surface area contributed by atoms with E-state index in [-0.39, 0.29) is 17.4 Å². The summed E-state index contributed by atoms with van der Waals surface area (Å²) in [5.74, 6) is -0.264. The first kappa shape index (κ1) is 11.5. The Bertz CT molecular complexity index is 541. The van der Waals surface area contributed by atoms with Gasteiger partial charge < -0.3 is 11.1 Å². The minimum absolute atomic E-state index is 0.113. The van der Waals surface area contributed by atoms with Crippen LogP contribution in [0.3, 0.4) is 0 Å². The van der Waals surface area contributed by atoms with Gasteiger partial charge in [-0.1, -0.05) is 15.9 Å². The van der Waals surface area contributed by atoms with Crippen molar-refractivity contribution < 1.29 is 4.79 Å². The standard InChI is InChI=1S/C11H9BrN4O/c12-7-1-3-8(4-2-7)16-11(17)9-10(13)15-6-5-14-9/h1-6H,(H2,13,15)(H,16,17). The van der Waals surface area contributed by atoms with Gasteiger partial charge in [-0.15, -0.1) is 0 Å². The normalized spacial score (nSPS) is 9.94. The Kier molecular flexibility index (Phi) is 3.34. The number of nitrogens with two attached hydrogens (primary N) is 1. The van der Waals surface area contributed by atoms with Gasteiger partial charge in [-0.25, -0.2) is 9.97 Å². The molecular formula is C11H9BrN4O. The van der Waals surface area contributed by atoms with Gasteiger partial charge in [-0.3, -0.25) is 4.79 Å². The van der Waals surface area contributed by atoms with Crippen molar-refractivity contribution in [3.8, 4) is 0 Å². The van der Waals surface area contributed by atoms with Gasteiger partial charge in [-0.2, -0.15) is 0 Å². The van der Waals surface area contributed by atoms with Gasteiger partial charge in [0.05, 0.1) is 0 Å². The van der Waals surface area contributed by atoms with Crippen LogP contribution in [-0.2, 0) is 0 Å². The number of nitrogen functional groups attached to an aromatic ring is 1. The molecule has 1 aromatic heterocycles. The van der Waals surface area contributed by atoms with E-state index in [0.717, 1.165) is 4.47 Å². The van der Waals surface area contributed by atoms with Crippen LogP contribution >= 0.6 is 15.9 Å². The van der Waals surface area contributed by atoms with Crippen LogP contribution in [0.15, 0.2) is 41.1 Å². The summed E-state index contributed by atoms with van der Waals surface area (Å²) < 4.78 is 0.939. The maximum atomic E-state index is 11.8. The van der Waals surface area contributed by atoms with Gasteiger partial charge in [0.2, 0.25) is 0 Å². The Labute approximate surface area is 106 Å². The van der Waals surface area contributed by atoms with Crippen molar-refractivity contribution in [1.29, 1.82) is 0 Å². The van der Waals surface area contributed by atoms with Crippen LogP contribution < -0.4 is 11.1 Å².